The molecule has 3 rings (SSSR count). The van der Waals surface area contributed by atoms with Gasteiger partial charge in [0.05, 0.1) is 13.2 Å². The summed E-state index contributed by atoms with van der Waals surface area (Å²) in [6.45, 7) is 3.67. The van der Waals surface area contributed by atoms with E-state index in [9.17, 15) is 4.79 Å². The maximum Gasteiger partial charge on any atom is 0.237 e. The maximum atomic E-state index is 12.6. The van der Waals surface area contributed by atoms with Crippen LogP contribution in [0.15, 0.2) is 41.1 Å². The molecule has 134 valence electrons. The number of hydrogen-bond donors (Lipinski definition) is 1. The number of likely N-dealkylation sites (tertiary alicyclic amines) is 1. The van der Waals surface area contributed by atoms with Crippen LogP contribution in [0.1, 0.15) is 36.9 Å². The van der Waals surface area contributed by atoms with Gasteiger partial charge in [-0.1, -0.05) is 12.1 Å². The largest absolute Gasteiger partial charge is 0.497 e. The van der Waals surface area contributed by atoms with Crippen molar-refractivity contribution in [1.29, 1.82) is 0 Å². The molecule has 1 aromatic carbocycles. The van der Waals surface area contributed by atoms with Gasteiger partial charge in [-0.2, -0.15) is 11.3 Å². The smallest absolute Gasteiger partial charge is 0.237 e. The normalized spacial score (nSPS) is 18.9. The standard InChI is InChI=1S/C20H26N2O2S/c1-15(22-12-3-4-19(22)17-10-13-25-14-17)20(23)21-11-9-16-5-7-18(24-2)8-6-16/h5-8,10,13-15,19H,3-4,9,11-12H2,1-2H3,(H,21,23). The summed E-state index contributed by atoms with van der Waals surface area (Å²) in [6, 6.07) is 10.5. The van der Waals surface area contributed by atoms with Crippen LogP contribution >= 0.6 is 11.3 Å². The van der Waals surface area contributed by atoms with Crippen LogP contribution in [0, 0.1) is 0 Å². The topological polar surface area (TPSA) is 41.6 Å². The Bertz CT molecular complexity index is 670. The van der Waals surface area contributed by atoms with Crippen molar-refractivity contribution in [2.24, 2.45) is 0 Å². The molecule has 0 bridgehead atoms. The predicted octanol–water partition coefficient (Wildman–Crippen LogP) is 3.64. The number of nitrogens with zero attached hydrogens (tertiary/aromatic N) is 1. The van der Waals surface area contributed by atoms with E-state index in [1.807, 2.05) is 31.2 Å². The van der Waals surface area contributed by atoms with Crippen LogP contribution in [0.25, 0.3) is 0 Å². The molecule has 1 saturated heterocycles. The molecule has 0 saturated carbocycles. The molecule has 0 radical (unpaired) electrons. The number of rotatable bonds is 7. The van der Waals surface area contributed by atoms with Crippen molar-refractivity contribution in [2.75, 3.05) is 20.2 Å². The van der Waals surface area contributed by atoms with Crippen LogP contribution in [-0.2, 0) is 11.2 Å². The minimum absolute atomic E-state index is 0.0942. The molecule has 0 spiro atoms. The fourth-order valence-corrected chi connectivity index (χ4v) is 4.20. The van der Waals surface area contributed by atoms with Gasteiger partial charge in [-0.15, -0.1) is 0 Å². The summed E-state index contributed by atoms with van der Waals surface area (Å²) in [7, 11) is 1.67. The highest BCUT2D eigenvalue weighted by atomic mass is 32.1. The second kappa shape index (κ2) is 8.50. The average Bonchev–Trinajstić information content (AvgIpc) is 3.32. The SMILES string of the molecule is COc1ccc(CCNC(=O)C(C)N2CCCC2c2ccsc2)cc1. The minimum Gasteiger partial charge on any atom is -0.497 e. The van der Waals surface area contributed by atoms with Crippen LogP contribution in [0.5, 0.6) is 5.75 Å². The zero-order valence-electron chi connectivity index (χ0n) is 14.9. The molecule has 1 amide bonds. The maximum absolute atomic E-state index is 12.6. The number of hydrogen-bond acceptors (Lipinski definition) is 4. The third-order valence-corrected chi connectivity index (χ3v) is 5.67. The second-order valence-electron chi connectivity index (χ2n) is 6.52. The number of nitrogens with one attached hydrogen (secondary N) is 1. The molecule has 2 atom stereocenters. The van der Waals surface area contributed by atoms with Gasteiger partial charge in [-0.05, 0) is 72.8 Å². The quantitative estimate of drug-likeness (QED) is 0.822. The lowest BCUT2D eigenvalue weighted by Crippen LogP contribution is -2.45. The zero-order chi connectivity index (χ0) is 17.6. The second-order valence-corrected chi connectivity index (χ2v) is 7.30. The summed E-state index contributed by atoms with van der Waals surface area (Å²) >= 11 is 1.73. The molecule has 4 nitrogen and oxygen atoms in total. The van der Waals surface area contributed by atoms with E-state index in [2.05, 4.69) is 27.0 Å². The summed E-state index contributed by atoms with van der Waals surface area (Å²) < 4.78 is 5.17. The molecule has 2 unspecified atom stereocenters. The third-order valence-electron chi connectivity index (χ3n) is 4.97. The van der Waals surface area contributed by atoms with Crippen LogP contribution in [-0.4, -0.2) is 37.0 Å². The first-order valence-corrected chi connectivity index (χ1v) is 9.82. The Morgan fingerprint density at radius 3 is 2.84 bits per heavy atom. The van der Waals surface area contributed by atoms with Gasteiger partial charge in [0.2, 0.25) is 5.91 Å². The van der Waals surface area contributed by atoms with Gasteiger partial charge in [0.1, 0.15) is 5.75 Å². The molecule has 5 heteroatoms. The lowest BCUT2D eigenvalue weighted by atomic mass is 10.1. The number of carbonyl (C=O) groups is 1. The third kappa shape index (κ3) is 4.41. The number of amides is 1. The van der Waals surface area contributed by atoms with Crippen molar-refractivity contribution >= 4 is 17.2 Å². The van der Waals surface area contributed by atoms with E-state index in [1.54, 1.807) is 18.4 Å². The van der Waals surface area contributed by atoms with E-state index in [-0.39, 0.29) is 11.9 Å². The van der Waals surface area contributed by atoms with Crippen LogP contribution in [0.2, 0.25) is 0 Å². The van der Waals surface area contributed by atoms with E-state index in [0.717, 1.165) is 31.6 Å². The van der Waals surface area contributed by atoms with Crippen molar-refractivity contribution in [1.82, 2.24) is 10.2 Å². The van der Waals surface area contributed by atoms with E-state index in [1.165, 1.54) is 11.1 Å². The summed E-state index contributed by atoms with van der Waals surface area (Å²) in [5.74, 6) is 0.977. The number of thiophene rings is 1. The highest BCUT2D eigenvalue weighted by molar-refractivity contribution is 7.07. The van der Waals surface area contributed by atoms with Crippen molar-refractivity contribution in [3.8, 4) is 5.75 Å². The Kier molecular flexibility index (Phi) is 6.10. The Labute approximate surface area is 153 Å². The number of benzene rings is 1. The molecule has 25 heavy (non-hydrogen) atoms. The minimum atomic E-state index is -0.0942. The first kappa shape index (κ1) is 18.0. The monoisotopic (exact) mass is 358 g/mol. The molecular weight excluding hydrogens is 332 g/mol. The van der Waals surface area contributed by atoms with Gasteiger partial charge in [0, 0.05) is 12.6 Å². The van der Waals surface area contributed by atoms with Crippen molar-refractivity contribution in [2.45, 2.75) is 38.3 Å². The summed E-state index contributed by atoms with van der Waals surface area (Å²) in [5, 5.41) is 7.42. The van der Waals surface area contributed by atoms with E-state index >= 15 is 0 Å². The lowest BCUT2D eigenvalue weighted by Gasteiger charge is -2.29. The van der Waals surface area contributed by atoms with Crippen LogP contribution in [0.4, 0.5) is 0 Å². The summed E-state index contributed by atoms with van der Waals surface area (Å²) in [5.41, 5.74) is 2.55. The molecule has 1 aliphatic rings. The Hall–Kier alpha value is -1.85. The molecule has 1 aliphatic heterocycles. The number of ether oxygens (including phenoxy) is 1. The van der Waals surface area contributed by atoms with Gasteiger partial charge in [-0.25, -0.2) is 0 Å². The van der Waals surface area contributed by atoms with E-state index < -0.39 is 0 Å². The fraction of sp³-hybridized carbons (Fsp3) is 0.450. The Morgan fingerprint density at radius 2 is 2.16 bits per heavy atom. The fourth-order valence-electron chi connectivity index (χ4n) is 3.50. The average molecular weight is 359 g/mol. The van der Waals surface area contributed by atoms with Gasteiger partial charge in [0.25, 0.3) is 0 Å². The Balaban J connectivity index is 1.50. The van der Waals surface area contributed by atoms with Gasteiger partial charge in [0.15, 0.2) is 0 Å². The molecule has 1 fully saturated rings. The molecule has 2 heterocycles. The predicted molar refractivity (Wildman–Crippen MR) is 102 cm³/mol. The van der Waals surface area contributed by atoms with Gasteiger partial charge >= 0.3 is 0 Å². The molecule has 1 N–H and O–H groups in total. The van der Waals surface area contributed by atoms with E-state index in [4.69, 9.17) is 4.74 Å². The van der Waals surface area contributed by atoms with Gasteiger partial charge < -0.3 is 10.1 Å². The summed E-state index contributed by atoms with van der Waals surface area (Å²) in [4.78, 5) is 14.9. The molecule has 0 aliphatic carbocycles. The zero-order valence-corrected chi connectivity index (χ0v) is 15.7. The number of methoxy groups -OCH3 is 1. The van der Waals surface area contributed by atoms with Gasteiger partial charge in [-0.3, -0.25) is 9.69 Å². The van der Waals surface area contributed by atoms with Crippen LogP contribution < -0.4 is 10.1 Å². The first-order valence-electron chi connectivity index (χ1n) is 8.87. The lowest BCUT2D eigenvalue weighted by molar-refractivity contribution is -0.126. The molecular formula is C20H26N2O2S. The van der Waals surface area contributed by atoms with Crippen LogP contribution in [0.3, 0.4) is 0 Å². The summed E-state index contributed by atoms with van der Waals surface area (Å²) in [6.07, 6.45) is 3.13. The Morgan fingerprint density at radius 1 is 1.36 bits per heavy atom. The highest BCUT2D eigenvalue weighted by Gasteiger charge is 2.32. The highest BCUT2D eigenvalue weighted by Crippen LogP contribution is 2.34. The van der Waals surface area contributed by atoms with E-state index in [0.29, 0.717) is 12.6 Å². The number of carbonyl (C=O) groups excluding carboxylic acids is 1. The molecule has 1 aromatic heterocycles. The van der Waals surface area contributed by atoms with Crippen molar-refractivity contribution < 1.29 is 9.53 Å². The van der Waals surface area contributed by atoms with Crippen molar-refractivity contribution in [3.63, 3.8) is 0 Å². The van der Waals surface area contributed by atoms with Crippen molar-refractivity contribution in [3.05, 3.63) is 52.2 Å². The first-order chi connectivity index (χ1) is 12.2. The molecule has 2 aromatic rings.